The third-order valence-electron chi connectivity index (χ3n) is 12.4. The predicted octanol–water partition coefficient (Wildman–Crippen LogP) is 6.94. The Morgan fingerprint density at radius 3 is 2.31 bits per heavy atom. The number of piperidine rings is 3. The summed E-state index contributed by atoms with van der Waals surface area (Å²) in [7, 11) is 3.10. The first-order valence-corrected chi connectivity index (χ1v) is 21.4. The number of likely N-dealkylation sites (tertiary alicyclic amines) is 2. The number of methoxy groups -OCH3 is 2. The topological polar surface area (TPSA) is 166 Å². The molecule has 2 N–H and O–H groups in total. The Labute approximate surface area is 364 Å². The molecule has 0 saturated carbocycles. The minimum atomic E-state index is -0.961. The number of halogens is 2. The highest BCUT2D eigenvalue weighted by molar-refractivity contribution is 6.37. The summed E-state index contributed by atoms with van der Waals surface area (Å²) in [5.41, 5.74) is 3.72. The minimum Gasteiger partial charge on any atom is -0.495 e. The van der Waals surface area contributed by atoms with Gasteiger partial charge in [0.2, 0.25) is 11.8 Å². The molecule has 14 nitrogen and oxygen atoms in total. The fourth-order valence-corrected chi connectivity index (χ4v) is 9.53. The average molecular weight is 869 g/mol. The number of carbonyl (C=O) groups excluding carboxylic acids is 4. The van der Waals surface area contributed by atoms with Crippen LogP contribution in [0.1, 0.15) is 82.7 Å². The van der Waals surface area contributed by atoms with E-state index in [4.69, 9.17) is 37.4 Å². The average Bonchev–Trinajstić information content (AvgIpc) is 3.51. The van der Waals surface area contributed by atoms with E-state index >= 15 is 0 Å². The van der Waals surface area contributed by atoms with Gasteiger partial charge < -0.3 is 29.3 Å². The van der Waals surface area contributed by atoms with Gasteiger partial charge in [-0.1, -0.05) is 29.3 Å². The number of carbonyl (C=O) groups is 4. The lowest BCUT2D eigenvalue weighted by molar-refractivity contribution is -0.136. The molecule has 4 aromatic rings. The zero-order valence-corrected chi connectivity index (χ0v) is 35.6. The lowest BCUT2D eigenvalue weighted by atomic mass is 9.87. The van der Waals surface area contributed by atoms with Crippen LogP contribution in [0.15, 0.2) is 48.7 Å². The Morgan fingerprint density at radius 1 is 0.852 bits per heavy atom. The van der Waals surface area contributed by atoms with Crippen LogP contribution in [-0.2, 0) is 9.59 Å². The number of nitriles is 1. The van der Waals surface area contributed by atoms with E-state index in [1.54, 1.807) is 25.3 Å². The molecule has 318 valence electrons. The summed E-state index contributed by atoms with van der Waals surface area (Å²) in [5.74, 6) is 0.550. The molecule has 3 fully saturated rings. The number of fused-ring (bicyclic) bond motifs is 2. The van der Waals surface area contributed by atoms with E-state index in [9.17, 15) is 24.4 Å². The number of hydrogen-bond acceptors (Lipinski definition) is 12. The number of rotatable bonds is 13. The molecular formula is C45H47Cl2N7O7. The van der Waals surface area contributed by atoms with Crippen molar-refractivity contribution in [2.75, 3.05) is 65.4 Å². The molecule has 1 atom stereocenters. The first kappa shape index (κ1) is 42.2. The van der Waals surface area contributed by atoms with Crippen LogP contribution in [0, 0.1) is 17.2 Å². The fraction of sp³-hybridized carbons (Fsp3) is 0.422. The normalized spacial score (nSPS) is 19.2. The highest BCUT2D eigenvalue weighted by atomic mass is 35.5. The molecule has 0 spiro atoms. The van der Waals surface area contributed by atoms with Gasteiger partial charge in [-0.15, -0.1) is 0 Å². The van der Waals surface area contributed by atoms with Gasteiger partial charge in [0.25, 0.3) is 11.8 Å². The molecule has 0 bridgehead atoms. The smallest absolute Gasteiger partial charge is 0.262 e. The van der Waals surface area contributed by atoms with Crippen molar-refractivity contribution in [2.24, 2.45) is 5.92 Å². The molecule has 4 aliphatic rings. The standard InChI is InChI=1S/C45H47Cl2N7O7/c1-59-38-22-36(33(46)20-34(38)47)50-42-29(23-48)24-49-35-21-40(39(60-2)19-32(35)42)61-17-3-12-52-13-8-26(9-14-52)25-53-15-10-27(11-16-53)28-4-5-30-31(18-28)45(58)54(44(30)57)37-6-7-41(55)51-43(37)56/h4-5,18-22,24,26-27,37H,3,6-17,25H2,1-2H3,(H,49,50)(H,51,55,56). The Morgan fingerprint density at radius 2 is 1.59 bits per heavy atom. The van der Waals surface area contributed by atoms with Crippen molar-refractivity contribution in [3.05, 3.63) is 81.0 Å². The van der Waals surface area contributed by atoms with Crippen LogP contribution in [0.2, 0.25) is 10.0 Å². The van der Waals surface area contributed by atoms with Gasteiger partial charge in [0, 0.05) is 43.2 Å². The summed E-state index contributed by atoms with van der Waals surface area (Å²) in [6.45, 7) is 6.55. The van der Waals surface area contributed by atoms with Crippen LogP contribution in [0.5, 0.6) is 17.2 Å². The number of imide groups is 2. The molecule has 0 aliphatic carbocycles. The van der Waals surface area contributed by atoms with Crippen LogP contribution >= 0.6 is 23.2 Å². The predicted molar refractivity (Wildman–Crippen MR) is 230 cm³/mol. The second kappa shape index (κ2) is 18.3. The summed E-state index contributed by atoms with van der Waals surface area (Å²) < 4.78 is 17.3. The van der Waals surface area contributed by atoms with E-state index in [1.165, 1.54) is 13.3 Å². The van der Waals surface area contributed by atoms with Crippen LogP contribution in [0.4, 0.5) is 11.4 Å². The lowest BCUT2D eigenvalue weighted by Gasteiger charge is -2.38. The Bertz CT molecular complexity index is 2420. The number of nitrogens with one attached hydrogen (secondary N) is 2. The third-order valence-corrected chi connectivity index (χ3v) is 13.0. The molecule has 61 heavy (non-hydrogen) atoms. The fourth-order valence-electron chi connectivity index (χ4n) is 9.03. The molecular weight excluding hydrogens is 821 g/mol. The number of hydrogen-bond donors (Lipinski definition) is 2. The van der Waals surface area contributed by atoms with Gasteiger partial charge in [0.15, 0.2) is 11.5 Å². The summed E-state index contributed by atoms with van der Waals surface area (Å²) >= 11 is 12.7. The van der Waals surface area contributed by atoms with Crippen molar-refractivity contribution in [2.45, 2.75) is 56.9 Å². The SMILES string of the molecule is COc1cc(Nc2c(C#N)cnc3cc(OCCCN4CCC(CN5CCC(c6ccc7c(c6)C(=O)N(C6CCC(=O)NC6=O)C7=O)CC5)CC4)c(OC)cc23)c(Cl)cc1Cl. The van der Waals surface area contributed by atoms with E-state index < -0.39 is 23.8 Å². The number of pyridine rings is 1. The van der Waals surface area contributed by atoms with Crippen LogP contribution in [-0.4, -0.2) is 109 Å². The number of nitrogens with zero attached hydrogens (tertiary/aromatic N) is 5. The van der Waals surface area contributed by atoms with Gasteiger partial charge >= 0.3 is 0 Å². The minimum absolute atomic E-state index is 0.0983. The number of benzene rings is 3. The highest BCUT2D eigenvalue weighted by Gasteiger charge is 2.45. The van der Waals surface area contributed by atoms with E-state index in [0.29, 0.717) is 84.7 Å². The molecule has 1 aromatic heterocycles. The van der Waals surface area contributed by atoms with Gasteiger partial charge in [-0.05, 0) is 106 Å². The number of aromatic nitrogens is 1. The van der Waals surface area contributed by atoms with E-state index in [0.717, 1.165) is 81.8 Å². The summed E-state index contributed by atoms with van der Waals surface area (Å²) in [5, 5.41) is 16.8. The number of ether oxygens (including phenoxy) is 3. The van der Waals surface area contributed by atoms with Crippen molar-refractivity contribution in [3.8, 4) is 23.3 Å². The molecule has 0 radical (unpaired) electrons. The van der Waals surface area contributed by atoms with Gasteiger partial charge in [0.05, 0.1) is 64.5 Å². The monoisotopic (exact) mass is 867 g/mol. The van der Waals surface area contributed by atoms with Gasteiger partial charge in [0.1, 0.15) is 17.9 Å². The zero-order valence-electron chi connectivity index (χ0n) is 34.1. The van der Waals surface area contributed by atoms with Crippen molar-refractivity contribution in [1.29, 1.82) is 5.26 Å². The zero-order chi connectivity index (χ0) is 42.8. The van der Waals surface area contributed by atoms with Crippen molar-refractivity contribution in [1.82, 2.24) is 25.0 Å². The Balaban J connectivity index is 0.790. The van der Waals surface area contributed by atoms with E-state index in [2.05, 4.69) is 31.5 Å². The van der Waals surface area contributed by atoms with Crippen LogP contribution in [0.3, 0.4) is 0 Å². The summed E-state index contributed by atoms with van der Waals surface area (Å²) in [6, 6.07) is 13.7. The first-order chi connectivity index (χ1) is 29.5. The molecule has 5 heterocycles. The maximum Gasteiger partial charge on any atom is 0.262 e. The van der Waals surface area contributed by atoms with Crippen LogP contribution in [0.25, 0.3) is 10.9 Å². The van der Waals surface area contributed by atoms with Crippen molar-refractivity contribution in [3.63, 3.8) is 0 Å². The van der Waals surface area contributed by atoms with Gasteiger partial charge in [-0.25, -0.2) is 0 Å². The molecule has 3 aromatic carbocycles. The quantitative estimate of drug-likeness (QED) is 0.105. The Kier molecular flexibility index (Phi) is 12.6. The third kappa shape index (κ3) is 8.84. The summed E-state index contributed by atoms with van der Waals surface area (Å²) in [6.07, 6.45) is 6.84. The summed E-state index contributed by atoms with van der Waals surface area (Å²) in [4.78, 5) is 61.2. The van der Waals surface area contributed by atoms with Crippen molar-refractivity contribution >= 4 is 69.1 Å². The van der Waals surface area contributed by atoms with E-state index in [-0.39, 0.29) is 18.7 Å². The van der Waals surface area contributed by atoms with Crippen molar-refractivity contribution < 1.29 is 33.4 Å². The van der Waals surface area contributed by atoms with Crippen LogP contribution < -0.4 is 24.8 Å². The molecule has 8 rings (SSSR count). The number of anilines is 2. The Hall–Kier alpha value is -5.46. The number of amides is 4. The maximum absolute atomic E-state index is 13.4. The molecule has 1 unspecified atom stereocenters. The molecule has 16 heteroatoms. The molecule has 4 amide bonds. The van der Waals surface area contributed by atoms with Gasteiger partial charge in [-0.2, -0.15) is 5.26 Å². The molecule has 4 aliphatic heterocycles. The van der Waals surface area contributed by atoms with Gasteiger partial charge in [-0.3, -0.25) is 34.4 Å². The highest BCUT2D eigenvalue weighted by Crippen LogP contribution is 2.41. The largest absolute Gasteiger partial charge is 0.495 e. The van der Waals surface area contributed by atoms with E-state index in [1.807, 2.05) is 24.3 Å². The second-order valence-electron chi connectivity index (χ2n) is 16.1. The lowest BCUT2D eigenvalue weighted by Crippen LogP contribution is -2.54. The maximum atomic E-state index is 13.4. The first-order valence-electron chi connectivity index (χ1n) is 20.7. The molecule has 3 saturated heterocycles. The second-order valence-corrected chi connectivity index (χ2v) is 16.9.